The number of hydrogen-bond acceptors (Lipinski definition) is 3. The molecule has 25 heavy (non-hydrogen) atoms. The van der Waals surface area contributed by atoms with Crippen molar-refractivity contribution in [1.82, 2.24) is 5.32 Å². The van der Waals surface area contributed by atoms with E-state index in [4.69, 9.17) is 4.74 Å². The number of halogens is 2. The summed E-state index contributed by atoms with van der Waals surface area (Å²) in [6.07, 6.45) is 6.74. The number of carbonyl (C=O) groups excluding carboxylic acids is 2. The Hall–Kier alpha value is -1.98. The van der Waals surface area contributed by atoms with Crippen LogP contribution in [0.5, 0.6) is 0 Å². The Kier molecular flexibility index (Phi) is 4.01. The lowest BCUT2D eigenvalue weighted by Crippen LogP contribution is -2.60. The average Bonchev–Trinajstić information content (AvgIpc) is 2.51. The SMILES string of the molecule is O=C(COC(=O)c1c(F)cccc1F)NC12CC3CC(CC(C3)C1)C2. The number of rotatable bonds is 4. The van der Waals surface area contributed by atoms with Crippen molar-refractivity contribution in [3.8, 4) is 0 Å². The molecule has 1 amide bonds. The molecule has 1 aromatic carbocycles. The van der Waals surface area contributed by atoms with E-state index >= 15 is 0 Å². The number of carbonyl (C=O) groups is 2. The van der Waals surface area contributed by atoms with Crippen molar-refractivity contribution in [3.05, 3.63) is 35.4 Å². The highest BCUT2D eigenvalue weighted by Gasteiger charge is 2.51. The van der Waals surface area contributed by atoms with Crippen LogP contribution < -0.4 is 5.32 Å². The Bertz CT molecular complexity index is 663. The predicted molar refractivity (Wildman–Crippen MR) is 85.7 cm³/mol. The molecule has 4 aliphatic carbocycles. The van der Waals surface area contributed by atoms with E-state index in [1.165, 1.54) is 25.3 Å². The first-order valence-electron chi connectivity index (χ1n) is 8.86. The summed E-state index contributed by atoms with van der Waals surface area (Å²) in [5, 5.41) is 3.06. The molecule has 4 bridgehead atoms. The van der Waals surface area contributed by atoms with Crippen LogP contribution in [-0.2, 0) is 9.53 Å². The lowest BCUT2D eigenvalue weighted by atomic mass is 9.53. The molecule has 1 N–H and O–H groups in total. The fourth-order valence-corrected chi connectivity index (χ4v) is 5.49. The molecule has 5 rings (SSSR count). The van der Waals surface area contributed by atoms with E-state index < -0.39 is 35.7 Å². The molecule has 6 heteroatoms. The number of esters is 1. The van der Waals surface area contributed by atoms with Crippen molar-refractivity contribution in [2.24, 2.45) is 17.8 Å². The maximum absolute atomic E-state index is 13.6. The summed E-state index contributed by atoms with van der Waals surface area (Å²) in [5.74, 6) is -1.49. The highest BCUT2D eigenvalue weighted by Crippen LogP contribution is 2.55. The average molecular weight is 349 g/mol. The molecule has 4 fully saturated rings. The van der Waals surface area contributed by atoms with E-state index in [0.717, 1.165) is 31.4 Å². The largest absolute Gasteiger partial charge is 0.452 e. The molecular formula is C19H21F2NO3. The fraction of sp³-hybridized carbons (Fsp3) is 0.579. The fourth-order valence-electron chi connectivity index (χ4n) is 5.49. The van der Waals surface area contributed by atoms with Gasteiger partial charge in [0.2, 0.25) is 0 Å². The molecular weight excluding hydrogens is 328 g/mol. The van der Waals surface area contributed by atoms with Crippen LogP contribution in [0.4, 0.5) is 8.78 Å². The van der Waals surface area contributed by atoms with Gasteiger partial charge in [-0.2, -0.15) is 0 Å². The Balaban J connectivity index is 1.36. The topological polar surface area (TPSA) is 55.4 Å². The van der Waals surface area contributed by atoms with Gasteiger partial charge in [-0.3, -0.25) is 4.79 Å². The maximum atomic E-state index is 13.6. The molecule has 4 saturated carbocycles. The summed E-state index contributed by atoms with van der Waals surface area (Å²) in [7, 11) is 0. The van der Waals surface area contributed by atoms with E-state index in [2.05, 4.69) is 5.32 Å². The van der Waals surface area contributed by atoms with Crippen LogP contribution in [0.2, 0.25) is 0 Å². The van der Waals surface area contributed by atoms with Crippen LogP contribution in [0.15, 0.2) is 18.2 Å². The number of amides is 1. The summed E-state index contributed by atoms with van der Waals surface area (Å²) in [6, 6.07) is 3.13. The van der Waals surface area contributed by atoms with Crippen LogP contribution in [0, 0.1) is 29.4 Å². The van der Waals surface area contributed by atoms with Gasteiger partial charge in [0.05, 0.1) is 0 Å². The van der Waals surface area contributed by atoms with Crippen molar-refractivity contribution in [3.63, 3.8) is 0 Å². The van der Waals surface area contributed by atoms with Gasteiger partial charge in [0.15, 0.2) is 6.61 Å². The monoisotopic (exact) mass is 349 g/mol. The zero-order valence-electron chi connectivity index (χ0n) is 13.9. The maximum Gasteiger partial charge on any atom is 0.344 e. The minimum atomic E-state index is -1.16. The van der Waals surface area contributed by atoms with E-state index in [1.54, 1.807) is 0 Å². The number of hydrogen-bond donors (Lipinski definition) is 1. The van der Waals surface area contributed by atoms with Gasteiger partial charge in [0.25, 0.3) is 5.91 Å². The summed E-state index contributed by atoms with van der Waals surface area (Å²) >= 11 is 0. The molecule has 0 atom stereocenters. The third kappa shape index (κ3) is 3.14. The van der Waals surface area contributed by atoms with Crippen LogP contribution in [0.25, 0.3) is 0 Å². The molecule has 0 aliphatic heterocycles. The molecule has 0 unspecified atom stereocenters. The molecule has 134 valence electrons. The Labute approximate surface area is 144 Å². The first-order valence-corrected chi connectivity index (χ1v) is 8.86. The first-order chi connectivity index (χ1) is 11.9. The Morgan fingerprint density at radius 2 is 1.56 bits per heavy atom. The second-order valence-electron chi connectivity index (χ2n) is 7.92. The second kappa shape index (κ2) is 6.07. The summed E-state index contributed by atoms with van der Waals surface area (Å²) in [4.78, 5) is 24.1. The van der Waals surface area contributed by atoms with Gasteiger partial charge < -0.3 is 10.1 Å². The zero-order chi connectivity index (χ0) is 17.6. The number of benzene rings is 1. The molecule has 1 aromatic rings. The molecule has 4 nitrogen and oxygen atoms in total. The Morgan fingerprint density at radius 1 is 1.04 bits per heavy atom. The van der Waals surface area contributed by atoms with Crippen molar-refractivity contribution < 1.29 is 23.1 Å². The molecule has 0 saturated heterocycles. The van der Waals surface area contributed by atoms with Crippen molar-refractivity contribution >= 4 is 11.9 Å². The molecule has 0 aromatic heterocycles. The third-order valence-electron chi connectivity index (χ3n) is 5.94. The summed E-state index contributed by atoms with van der Waals surface area (Å²) in [5.41, 5.74) is -0.938. The van der Waals surface area contributed by atoms with E-state index in [9.17, 15) is 18.4 Å². The zero-order valence-corrected chi connectivity index (χ0v) is 13.9. The highest BCUT2D eigenvalue weighted by molar-refractivity contribution is 5.91. The normalized spacial score (nSPS) is 32.5. The van der Waals surface area contributed by atoms with Gasteiger partial charge in [0, 0.05) is 5.54 Å². The quantitative estimate of drug-likeness (QED) is 0.850. The van der Waals surface area contributed by atoms with Gasteiger partial charge in [-0.05, 0) is 68.4 Å². The lowest BCUT2D eigenvalue weighted by molar-refractivity contribution is -0.130. The van der Waals surface area contributed by atoms with E-state index in [-0.39, 0.29) is 5.54 Å². The Morgan fingerprint density at radius 3 is 2.08 bits per heavy atom. The van der Waals surface area contributed by atoms with Gasteiger partial charge in [0.1, 0.15) is 17.2 Å². The second-order valence-corrected chi connectivity index (χ2v) is 7.92. The summed E-state index contributed by atoms with van der Waals surface area (Å²) < 4.78 is 32.0. The van der Waals surface area contributed by atoms with Crippen molar-refractivity contribution in [1.29, 1.82) is 0 Å². The van der Waals surface area contributed by atoms with Crippen LogP contribution >= 0.6 is 0 Å². The molecule has 0 heterocycles. The van der Waals surface area contributed by atoms with Gasteiger partial charge >= 0.3 is 5.97 Å². The lowest BCUT2D eigenvalue weighted by Gasteiger charge is -2.56. The number of nitrogens with one attached hydrogen (secondary N) is 1. The number of ether oxygens (including phenoxy) is 1. The molecule has 4 aliphatic rings. The standard InChI is InChI=1S/C19H21F2NO3/c20-14-2-1-3-15(21)17(14)18(24)25-10-16(23)22-19-7-11-4-12(8-19)6-13(5-11)9-19/h1-3,11-13H,4-10H2,(H,22,23). The van der Waals surface area contributed by atoms with Crippen LogP contribution in [0.1, 0.15) is 48.9 Å². The van der Waals surface area contributed by atoms with Crippen LogP contribution in [0.3, 0.4) is 0 Å². The third-order valence-corrected chi connectivity index (χ3v) is 5.94. The highest BCUT2D eigenvalue weighted by atomic mass is 19.1. The predicted octanol–water partition coefficient (Wildman–Crippen LogP) is 3.21. The van der Waals surface area contributed by atoms with E-state index in [1.807, 2.05) is 0 Å². The van der Waals surface area contributed by atoms with Crippen molar-refractivity contribution in [2.45, 2.75) is 44.1 Å². The van der Waals surface area contributed by atoms with Crippen molar-refractivity contribution in [2.75, 3.05) is 6.61 Å². The minimum absolute atomic E-state index is 0.179. The smallest absolute Gasteiger partial charge is 0.344 e. The van der Waals surface area contributed by atoms with Gasteiger partial charge in [-0.1, -0.05) is 6.07 Å². The van der Waals surface area contributed by atoms with Gasteiger partial charge in [-0.15, -0.1) is 0 Å². The van der Waals surface area contributed by atoms with Crippen LogP contribution in [-0.4, -0.2) is 24.0 Å². The minimum Gasteiger partial charge on any atom is -0.452 e. The molecule has 0 radical (unpaired) electrons. The first kappa shape index (κ1) is 16.5. The molecule has 0 spiro atoms. The summed E-state index contributed by atoms with van der Waals surface area (Å²) in [6.45, 7) is -0.519. The van der Waals surface area contributed by atoms with E-state index in [0.29, 0.717) is 17.8 Å². The van der Waals surface area contributed by atoms with Gasteiger partial charge in [-0.25, -0.2) is 13.6 Å².